The molecule has 1 aromatic rings. The summed E-state index contributed by atoms with van der Waals surface area (Å²) in [4.78, 5) is 13.3. The van der Waals surface area contributed by atoms with Crippen LogP contribution in [0, 0.1) is 5.92 Å². The zero-order chi connectivity index (χ0) is 13.0. The number of esters is 1. The maximum absolute atomic E-state index is 12.1. The summed E-state index contributed by atoms with van der Waals surface area (Å²) in [6.45, 7) is 0. The van der Waals surface area contributed by atoms with E-state index < -0.39 is 5.54 Å². The maximum atomic E-state index is 12.1. The average Bonchev–Trinajstić information content (AvgIpc) is 3.26. The highest BCUT2D eigenvalue weighted by molar-refractivity contribution is 7.99. The molecular formula is C14H19NO2S. The second-order valence-corrected chi connectivity index (χ2v) is 5.64. The van der Waals surface area contributed by atoms with E-state index in [4.69, 9.17) is 4.74 Å². The molecule has 4 heteroatoms. The van der Waals surface area contributed by atoms with Crippen molar-refractivity contribution in [1.29, 1.82) is 0 Å². The Kier molecular flexibility index (Phi) is 4.30. The van der Waals surface area contributed by atoms with Gasteiger partial charge in [-0.25, -0.2) is 0 Å². The summed E-state index contributed by atoms with van der Waals surface area (Å²) in [6, 6.07) is 10.2. The fourth-order valence-corrected chi connectivity index (χ4v) is 3.44. The van der Waals surface area contributed by atoms with Crippen LogP contribution in [0.3, 0.4) is 0 Å². The van der Waals surface area contributed by atoms with Gasteiger partial charge in [-0.1, -0.05) is 18.2 Å². The molecule has 18 heavy (non-hydrogen) atoms. The standard InChI is InChI=1S/C14H19NO2S/c1-15-14(11-8-9-11,13(16)17-2)10-18-12-6-4-3-5-7-12/h3-7,11,15H,8-10H2,1-2H3. The van der Waals surface area contributed by atoms with Crippen molar-refractivity contribution >= 4 is 17.7 Å². The third-order valence-corrected chi connectivity index (χ3v) is 4.68. The van der Waals surface area contributed by atoms with Gasteiger partial charge in [0.05, 0.1) is 7.11 Å². The molecule has 0 aliphatic heterocycles. The van der Waals surface area contributed by atoms with Gasteiger partial charge in [0.15, 0.2) is 0 Å². The lowest BCUT2D eigenvalue weighted by molar-refractivity contribution is -0.148. The predicted molar refractivity (Wildman–Crippen MR) is 73.7 cm³/mol. The summed E-state index contributed by atoms with van der Waals surface area (Å²) >= 11 is 1.70. The zero-order valence-electron chi connectivity index (χ0n) is 10.8. The fourth-order valence-electron chi connectivity index (χ4n) is 2.19. The van der Waals surface area contributed by atoms with E-state index >= 15 is 0 Å². The van der Waals surface area contributed by atoms with E-state index in [1.54, 1.807) is 11.8 Å². The van der Waals surface area contributed by atoms with E-state index in [1.165, 1.54) is 12.0 Å². The van der Waals surface area contributed by atoms with E-state index in [1.807, 2.05) is 25.2 Å². The number of rotatable bonds is 6. The minimum atomic E-state index is -0.532. The molecule has 1 unspecified atom stereocenters. The number of thioether (sulfide) groups is 1. The molecule has 1 aliphatic rings. The highest BCUT2D eigenvalue weighted by atomic mass is 32.2. The molecule has 0 amide bonds. The van der Waals surface area contributed by atoms with Crippen LogP contribution in [0.15, 0.2) is 35.2 Å². The second kappa shape index (κ2) is 5.76. The van der Waals surface area contributed by atoms with E-state index in [9.17, 15) is 4.79 Å². The van der Waals surface area contributed by atoms with Gasteiger partial charge >= 0.3 is 5.97 Å². The van der Waals surface area contributed by atoms with Crippen LogP contribution in [-0.2, 0) is 9.53 Å². The first-order valence-corrected chi connectivity index (χ1v) is 7.16. The summed E-state index contributed by atoms with van der Waals surface area (Å²) in [6.07, 6.45) is 2.20. The van der Waals surface area contributed by atoms with E-state index in [0.717, 1.165) is 12.8 Å². The largest absolute Gasteiger partial charge is 0.468 e. The molecule has 2 rings (SSSR count). The lowest BCUT2D eigenvalue weighted by Crippen LogP contribution is -2.55. The van der Waals surface area contributed by atoms with Gasteiger partial charge in [-0.3, -0.25) is 4.79 Å². The molecule has 1 saturated carbocycles. The Morgan fingerprint density at radius 3 is 2.61 bits per heavy atom. The first-order chi connectivity index (χ1) is 8.73. The summed E-state index contributed by atoms with van der Waals surface area (Å²) < 4.78 is 4.98. The molecule has 0 bridgehead atoms. The van der Waals surface area contributed by atoms with Crippen molar-refractivity contribution in [3.63, 3.8) is 0 Å². The number of carbonyl (C=O) groups is 1. The number of hydrogen-bond acceptors (Lipinski definition) is 4. The van der Waals surface area contributed by atoms with Gasteiger partial charge in [0.25, 0.3) is 0 Å². The smallest absolute Gasteiger partial charge is 0.327 e. The minimum absolute atomic E-state index is 0.143. The molecule has 0 heterocycles. The van der Waals surface area contributed by atoms with Gasteiger partial charge in [0.1, 0.15) is 5.54 Å². The quantitative estimate of drug-likeness (QED) is 0.633. The molecule has 0 saturated heterocycles. The SMILES string of the molecule is CNC(CSc1ccccc1)(C(=O)OC)C1CC1. The average molecular weight is 265 g/mol. The van der Waals surface area contributed by atoms with Gasteiger partial charge in [0.2, 0.25) is 0 Å². The van der Waals surface area contributed by atoms with Gasteiger partial charge < -0.3 is 10.1 Å². The van der Waals surface area contributed by atoms with E-state index in [0.29, 0.717) is 11.7 Å². The predicted octanol–water partition coefficient (Wildman–Crippen LogP) is 2.32. The summed E-state index contributed by atoms with van der Waals surface area (Å²) in [5.74, 6) is 0.979. The van der Waals surface area contributed by atoms with Crippen LogP contribution >= 0.6 is 11.8 Å². The lowest BCUT2D eigenvalue weighted by Gasteiger charge is -2.30. The normalized spacial score (nSPS) is 18.1. The van der Waals surface area contributed by atoms with Crippen LogP contribution < -0.4 is 5.32 Å². The fraction of sp³-hybridized carbons (Fsp3) is 0.500. The van der Waals surface area contributed by atoms with Crippen LogP contribution in [0.5, 0.6) is 0 Å². The van der Waals surface area contributed by atoms with Crippen LogP contribution in [0.2, 0.25) is 0 Å². The molecule has 1 aliphatic carbocycles. The van der Waals surface area contributed by atoms with Crippen LogP contribution in [0.4, 0.5) is 0 Å². The zero-order valence-corrected chi connectivity index (χ0v) is 11.6. The Balaban J connectivity index is 2.08. The molecule has 1 aromatic carbocycles. The van der Waals surface area contributed by atoms with Crippen molar-refractivity contribution in [2.45, 2.75) is 23.3 Å². The highest BCUT2D eigenvalue weighted by Gasteiger charge is 2.50. The monoisotopic (exact) mass is 265 g/mol. The Morgan fingerprint density at radius 1 is 1.44 bits per heavy atom. The first-order valence-electron chi connectivity index (χ1n) is 6.18. The van der Waals surface area contributed by atoms with Gasteiger partial charge in [0, 0.05) is 10.6 Å². The Morgan fingerprint density at radius 2 is 2.11 bits per heavy atom. The Labute approximate surface area is 112 Å². The molecule has 3 nitrogen and oxygen atoms in total. The third kappa shape index (κ3) is 2.70. The van der Waals surface area contributed by atoms with Crippen LogP contribution in [0.25, 0.3) is 0 Å². The molecule has 1 N–H and O–H groups in total. The van der Waals surface area contributed by atoms with Gasteiger partial charge in [-0.05, 0) is 37.9 Å². The molecule has 98 valence electrons. The minimum Gasteiger partial charge on any atom is -0.468 e. The number of hydrogen-bond donors (Lipinski definition) is 1. The molecule has 1 fully saturated rings. The number of benzene rings is 1. The van der Waals surface area contributed by atoms with Gasteiger partial charge in [-0.15, -0.1) is 11.8 Å². The van der Waals surface area contributed by atoms with Crippen molar-refractivity contribution < 1.29 is 9.53 Å². The number of nitrogens with one attached hydrogen (secondary N) is 1. The first kappa shape index (κ1) is 13.4. The molecule has 0 radical (unpaired) electrons. The van der Waals surface area contributed by atoms with Crippen molar-refractivity contribution in [3.8, 4) is 0 Å². The van der Waals surface area contributed by atoms with Gasteiger partial charge in [-0.2, -0.15) is 0 Å². The van der Waals surface area contributed by atoms with Crippen molar-refractivity contribution in [2.24, 2.45) is 5.92 Å². The Hall–Kier alpha value is -1.00. The summed E-state index contributed by atoms with van der Waals surface area (Å²) in [5.41, 5.74) is -0.532. The lowest BCUT2D eigenvalue weighted by atomic mass is 9.96. The van der Waals surface area contributed by atoms with E-state index in [2.05, 4.69) is 17.4 Å². The van der Waals surface area contributed by atoms with E-state index in [-0.39, 0.29) is 5.97 Å². The number of likely N-dealkylation sites (N-methyl/N-ethyl adjacent to an activating group) is 1. The molecule has 0 spiro atoms. The summed E-state index contributed by atoms with van der Waals surface area (Å²) in [5, 5.41) is 3.20. The number of methoxy groups -OCH3 is 1. The van der Waals surface area contributed by atoms with Crippen LogP contribution in [-0.4, -0.2) is 31.4 Å². The second-order valence-electron chi connectivity index (χ2n) is 4.59. The number of carbonyl (C=O) groups excluding carboxylic acids is 1. The van der Waals surface area contributed by atoms with Crippen molar-refractivity contribution in [1.82, 2.24) is 5.32 Å². The molecule has 0 aromatic heterocycles. The number of ether oxygens (including phenoxy) is 1. The van der Waals surface area contributed by atoms with Crippen molar-refractivity contribution in [3.05, 3.63) is 30.3 Å². The van der Waals surface area contributed by atoms with Crippen molar-refractivity contribution in [2.75, 3.05) is 19.9 Å². The molecule has 1 atom stereocenters. The summed E-state index contributed by atoms with van der Waals surface area (Å²) in [7, 11) is 3.31. The Bertz CT molecular complexity index is 406. The topological polar surface area (TPSA) is 38.3 Å². The third-order valence-electron chi connectivity index (χ3n) is 3.48. The highest BCUT2D eigenvalue weighted by Crippen LogP contribution is 2.42. The maximum Gasteiger partial charge on any atom is 0.327 e. The van der Waals surface area contributed by atoms with Crippen LogP contribution in [0.1, 0.15) is 12.8 Å². The molecular weight excluding hydrogens is 246 g/mol.